The second-order valence-electron chi connectivity index (χ2n) is 7.14. The molecule has 0 aromatic heterocycles. The lowest BCUT2D eigenvalue weighted by atomic mass is 9.93. The first kappa shape index (κ1) is 18.2. The van der Waals surface area contributed by atoms with Crippen LogP contribution >= 0.6 is 0 Å². The number of nitrogens with one attached hydrogen (secondary N) is 1. The van der Waals surface area contributed by atoms with Crippen LogP contribution in [0, 0.1) is 5.92 Å². The standard InChI is InChI=1S/C18H32N2O3/c1-14(2)23-12-11-19-18(22)15-9-10-17(21)20(13-15)16-7-5-3-4-6-8-16/h14-16H,3-13H2,1-2H3,(H,19,22)/t15-/m0/s1. The summed E-state index contributed by atoms with van der Waals surface area (Å²) in [4.78, 5) is 26.6. The van der Waals surface area contributed by atoms with E-state index in [0.29, 0.717) is 38.6 Å². The van der Waals surface area contributed by atoms with Gasteiger partial charge in [0.05, 0.1) is 18.6 Å². The summed E-state index contributed by atoms with van der Waals surface area (Å²) in [5, 5.41) is 2.96. The van der Waals surface area contributed by atoms with Gasteiger partial charge in [0.15, 0.2) is 0 Å². The molecule has 2 fully saturated rings. The SMILES string of the molecule is CC(C)OCCNC(=O)[C@H]1CCC(=O)N(C2CCCCCC2)C1. The lowest BCUT2D eigenvalue weighted by molar-refractivity contribution is -0.141. The Kier molecular flexibility index (Phi) is 7.34. The molecule has 1 aliphatic carbocycles. The van der Waals surface area contributed by atoms with Crippen molar-refractivity contribution in [1.82, 2.24) is 10.2 Å². The van der Waals surface area contributed by atoms with E-state index in [-0.39, 0.29) is 23.8 Å². The van der Waals surface area contributed by atoms with Crippen molar-refractivity contribution < 1.29 is 14.3 Å². The van der Waals surface area contributed by atoms with Gasteiger partial charge in [-0.2, -0.15) is 0 Å². The highest BCUT2D eigenvalue weighted by Crippen LogP contribution is 2.27. The monoisotopic (exact) mass is 324 g/mol. The number of carbonyl (C=O) groups is 2. The minimum atomic E-state index is -0.0602. The molecule has 0 aromatic rings. The fourth-order valence-corrected chi connectivity index (χ4v) is 3.62. The molecular formula is C18H32N2O3. The van der Waals surface area contributed by atoms with E-state index >= 15 is 0 Å². The zero-order chi connectivity index (χ0) is 16.7. The maximum absolute atomic E-state index is 12.3. The van der Waals surface area contributed by atoms with E-state index in [1.165, 1.54) is 25.7 Å². The van der Waals surface area contributed by atoms with Crippen molar-refractivity contribution in [2.24, 2.45) is 5.92 Å². The van der Waals surface area contributed by atoms with Crippen molar-refractivity contribution >= 4 is 11.8 Å². The molecule has 2 amide bonds. The molecule has 1 N–H and O–H groups in total. The van der Waals surface area contributed by atoms with Gasteiger partial charge in [-0.1, -0.05) is 25.7 Å². The third-order valence-corrected chi connectivity index (χ3v) is 4.93. The first-order valence-corrected chi connectivity index (χ1v) is 9.26. The minimum Gasteiger partial charge on any atom is -0.377 e. The average Bonchev–Trinajstić information content (AvgIpc) is 2.80. The summed E-state index contributed by atoms with van der Waals surface area (Å²) in [5.41, 5.74) is 0. The van der Waals surface area contributed by atoms with Gasteiger partial charge in [-0.3, -0.25) is 9.59 Å². The maximum Gasteiger partial charge on any atom is 0.224 e. The van der Waals surface area contributed by atoms with E-state index in [4.69, 9.17) is 4.74 Å². The van der Waals surface area contributed by atoms with Crippen LogP contribution in [-0.4, -0.2) is 48.6 Å². The maximum atomic E-state index is 12.3. The Morgan fingerprint density at radius 2 is 1.91 bits per heavy atom. The summed E-state index contributed by atoms with van der Waals surface area (Å²) >= 11 is 0. The van der Waals surface area contributed by atoms with Gasteiger partial charge in [0, 0.05) is 25.6 Å². The molecule has 132 valence electrons. The lowest BCUT2D eigenvalue weighted by Gasteiger charge is -2.37. The van der Waals surface area contributed by atoms with Crippen molar-refractivity contribution in [3.8, 4) is 0 Å². The van der Waals surface area contributed by atoms with Gasteiger partial charge in [0.25, 0.3) is 0 Å². The number of ether oxygens (including phenoxy) is 1. The van der Waals surface area contributed by atoms with E-state index in [0.717, 1.165) is 12.8 Å². The Morgan fingerprint density at radius 3 is 2.57 bits per heavy atom. The number of nitrogens with zero attached hydrogens (tertiary/aromatic N) is 1. The molecule has 23 heavy (non-hydrogen) atoms. The van der Waals surface area contributed by atoms with Crippen LogP contribution in [0.15, 0.2) is 0 Å². The van der Waals surface area contributed by atoms with Gasteiger partial charge >= 0.3 is 0 Å². The fraction of sp³-hybridized carbons (Fsp3) is 0.889. The number of carbonyl (C=O) groups excluding carboxylic acids is 2. The summed E-state index contributed by atoms with van der Waals surface area (Å²) in [6.07, 6.45) is 8.54. The molecule has 0 spiro atoms. The van der Waals surface area contributed by atoms with Crippen molar-refractivity contribution in [2.75, 3.05) is 19.7 Å². The molecule has 0 bridgehead atoms. The molecule has 1 atom stereocenters. The Hall–Kier alpha value is -1.10. The van der Waals surface area contributed by atoms with Gasteiger partial charge in [-0.25, -0.2) is 0 Å². The number of piperidine rings is 1. The molecule has 0 radical (unpaired) electrons. The Balaban J connectivity index is 1.81. The molecule has 1 saturated heterocycles. The van der Waals surface area contributed by atoms with Crippen LogP contribution in [0.5, 0.6) is 0 Å². The quantitative estimate of drug-likeness (QED) is 0.603. The first-order chi connectivity index (χ1) is 11.1. The van der Waals surface area contributed by atoms with Crippen LogP contribution in [0.2, 0.25) is 0 Å². The van der Waals surface area contributed by atoms with Crippen molar-refractivity contribution in [2.45, 2.75) is 77.4 Å². The number of likely N-dealkylation sites (tertiary alicyclic amines) is 1. The first-order valence-electron chi connectivity index (χ1n) is 9.26. The van der Waals surface area contributed by atoms with E-state index in [1.807, 2.05) is 18.7 Å². The average molecular weight is 324 g/mol. The van der Waals surface area contributed by atoms with Crippen LogP contribution in [-0.2, 0) is 14.3 Å². The predicted octanol–water partition coefficient (Wildman–Crippen LogP) is 2.49. The zero-order valence-corrected chi connectivity index (χ0v) is 14.7. The largest absolute Gasteiger partial charge is 0.377 e. The molecule has 2 aliphatic rings. The molecule has 1 saturated carbocycles. The van der Waals surface area contributed by atoms with Crippen LogP contribution < -0.4 is 5.32 Å². The van der Waals surface area contributed by atoms with Crippen LogP contribution in [0.25, 0.3) is 0 Å². The summed E-state index contributed by atoms with van der Waals surface area (Å²) in [7, 11) is 0. The smallest absolute Gasteiger partial charge is 0.224 e. The van der Waals surface area contributed by atoms with E-state index in [1.54, 1.807) is 0 Å². The normalized spacial score (nSPS) is 23.9. The molecule has 5 nitrogen and oxygen atoms in total. The van der Waals surface area contributed by atoms with Crippen LogP contribution in [0.1, 0.15) is 65.2 Å². The van der Waals surface area contributed by atoms with E-state index < -0.39 is 0 Å². The van der Waals surface area contributed by atoms with Crippen LogP contribution in [0.3, 0.4) is 0 Å². The fourth-order valence-electron chi connectivity index (χ4n) is 3.62. The molecule has 1 aliphatic heterocycles. The van der Waals surface area contributed by atoms with Crippen LogP contribution in [0.4, 0.5) is 0 Å². The third-order valence-electron chi connectivity index (χ3n) is 4.93. The highest BCUT2D eigenvalue weighted by Gasteiger charge is 2.34. The molecule has 2 rings (SSSR count). The van der Waals surface area contributed by atoms with Crippen molar-refractivity contribution in [3.05, 3.63) is 0 Å². The topological polar surface area (TPSA) is 58.6 Å². The lowest BCUT2D eigenvalue weighted by Crippen LogP contribution is -2.50. The Labute approximate surface area is 140 Å². The second kappa shape index (κ2) is 9.26. The number of amides is 2. The summed E-state index contributed by atoms with van der Waals surface area (Å²) in [6, 6.07) is 0.352. The number of hydrogen-bond donors (Lipinski definition) is 1. The van der Waals surface area contributed by atoms with Gasteiger partial charge in [-0.05, 0) is 33.1 Å². The Morgan fingerprint density at radius 1 is 1.22 bits per heavy atom. The highest BCUT2D eigenvalue weighted by molar-refractivity contribution is 5.84. The number of hydrogen-bond acceptors (Lipinski definition) is 3. The predicted molar refractivity (Wildman–Crippen MR) is 90.0 cm³/mol. The van der Waals surface area contributed by atoms with E-state index in [2.05, 4.69) is 5.32 Å². The number of rotatable bonds is 6. The van der Waals surface area contributed by atoms with Gasteiger partial charge in [-0.15, -0.1) is 0 Å². The molecule has 1 heterocycles. The second-order valence-corrected chi connectivity index (χ2v) is 7.14. The Bertz CT molecular complexity index is 390. The van der Waals surface area contributed by atoms with Crippen molar-refractivity contribution in [1.29, 1.82) is 0 Å². The summed E-state index contributed by atoms with van der Waals surface area (Å²) in [5.74, 6) is 0.252. The molecule has 5 heteroatoms. The minimum absolute atomic E-state index is 0.0602. The molecular weight excluding hydrogens is 292 g/mol. The summed E-state index contributed by atoms with van der Waals surface area (Å²) < 4.78 is 5.45. The third kappa shape index (κ3) is 5.79. The zero-order valence-electron chi connectivity index (χ0n) is 14.7. The van der Waals surface area contributed by atoms with Gasteiger partial charge < -0.3 is 15.0 Å². The van der Waals surface area contributed by atoms with Gasteiger partial charge in [0.1, 0.15) is 0 Å². The van der Waals surface area contributed by atoms with Crippen molar-refractivity contribution in [3.63, 3.8) is 0 Å². The summed E-state index contributed by atoms with van der Waals surface area (Å²) in [6.45, 7) is 5.66. The van der Waals surface area contributed by atoms with E-state index in [9.17, 15) is 9.59 Å². The molecule has 0 unspecified atom stereocenters. The molecule has 0 aromatic carbocycles. The van der Waals surface area contributed by atoms with Gasteiger partial charge in [0.2, 0.25) is 11.8 Å². The highest BCUT2D eigenvalue weighted by atomic mass is 16.5.